The molecule has 0 aromatic heterocycles. The molecule has 114 valence electrons. The van der Waals surface area contributed by atoms with Crippen molar-refractivity contribution in [3.63, 3.8) is 0 Å². The molecule has 2 atom stereocenters. The molecule has 0 saturated carbocycles. The zero-order valence-electron chi connectivity index (χ0n) is 12.8. The number of unbranched alkanes of at least 4 members (excludes halogenated alkanes) is 2. The molecule has 0 heterocycles. The van der Waals surface area contributed by atoms with Crippen molar-refractivity contribution >= 4 is 0 Å². The minimum Gasteiger partial charge on any atom is -0.493 e. The Balaban J connectivity index is 2.83. The standard InChI is InChI=1S/C16H27NO3/c1-4-5-6-7-14(18)13(11-17)12-8-9-15(19-2)16(10-12)20-3/h8-10,13-14,18H,4-7,11,17H2,1-3H3. The first kappa shape index (κ1) is 16.8. The molecule has 2 unspecified atom stereocenters. The third kappa shape index (κ3) is 4.39. The van der Waals surface area contributed by atoms with Crippen molar-refractivity contribution in [1.29, 1.82) is 0 Å². The minimum absolute atomic E-state index is 0.0633. The van der Waals surface area contributed by atoms with Gasteiger partial charge in [-0.15, -0.1) is 0 Å². The summed E-state index contributed by atoms with van der Waals surface area (Å²) in [6.07, 6.45) is 3.69. The maximum Gasteiger partial charge on any atom is 0.160 e. The average molecular weight is 281 g/mol. The number of rotatable bonds is 9. The second-order valence-corrected chi connectivity index (χ2v) is 5.02. The summed E-state index contributed by atoms with van der Waals surface area (Å²) in [6, 6.07) is 5.71. The number of nitrogens with two attached hydrogens (primary N) is 1. The highest BCUT2D eigenvalue weighted by Gasteiger charge is 2.20. The van der Waals surface area contributed by atoms with E-state index in [0.717, 1.165) is 31.2 Å². The molecule has 20 heavy (non-hydrogen) atoms. The topological polar surface area (TPSA) is 64.7 Å². The van der Waals surface area contributed by atoms with Crippen LogP contribution in [0.4, 0.5) is 0 Å². The van der Waals surface area contributed by atoms with Gasteiger partial charge < -0.3 is 20.3 Å². The molecule has 1 aromatic carbocycles. The van der Waals surface area contributed by atoms with Gasteiger partial charge >= 0.3 is 0 Å². The van der Waals surface area contributed by atoms with E-state index in [-0.39, 0.29) is 5.92 Å². The van der Waals surface area contributed by atoms with E-state index in [9.17, 15) is 5.11 Å². The number of ether oxygens (including phenoxy) is 2. The highest BCUT2D eigenvalue weighted by molar-refractivity contribution is 5.44. The van der Waals surface area contributed by atoms with Crippen molar-refractivity contribution in [2.75, 3.05) is 20.8 Å². The fraction of sp³-hybridized carbons (Fsp3) is 0.625. The van der Waals surface area contributed by atoms with Gasteiger partial charge in [-0.25, -0.2) is 0 Å². The largest absolute Gasteiger partial charge is 0.493 e. The normalized spacial score (nSPS) is 13.8. The highest BCUT2D eigenvalue weighted by atomic mass is 16.5. The van der Waals surface area contributed by atoms with Gasteiger partial charge in [0.05, 0.1) is 20.3 Å². The van der Waals surface area contributed by atoms with Crippen LogP contribution in [0.5, 0.6) is 11.5 Å². The SMILES string of the molecule is CCCCCC(O)C(CN)c1ccc(OC)c(OC)c1. The number of hydrogen-bond acceptors (Lipinski definition) is 4. The second kappa shape index (κ2) is 8.82. The van der Waals surface area contributed by atoms with E-state index < -0.39 is 6.10 Å². The van der Waals surface area contributed by atoms with E-state index >= 15 is 0 Å². The van der Waals surface area contributed by atoms with Gasteiger partial charge in [0.1, 0.15) is 0 Å². The van der Waals surface area contributed by atoms with E-state index in [4.69, 9.17) is 15.2 Å². The molecule has 0 amide bonds. The fourth-order valence-corrected chi connectivity index (χ4v) is 2.40. The molecule has 4 heteroatoms. The van der Waals surface area contributed by atoms with Crippen LogP contribution in [0.25, 0.3) is 0 Å². The van der Waals surface area contributed by atoms with Crippen LogP contribution in [-0.4, -0.2) is 32.0 Å². The van der Waals surface area contributed by atoms with Crippen LogP contribution in [0.2, 0.25) is 0 Å². The highest BCUT2D eigenvalue weighted by Crippen LogP contribution is 2.32. The van der Waals surface area contributed by atoms with E-state index in [1.165, 1.54) is 0 Å². The quantitative estimate of drug-likeness (QED) is 0.683. The zero-order chi connectivity index (χ0) is 15.0. The van der Waals surface area contributed by atoms with Gasteiger partial charge in [-0.05, 0) is 24.1 Å². The number of methoxy groups -OCH3 is 2. The Kier molecular flexibility index (Phi) is 7.41. The van der Waals surface area contributed by atoms with Gasteiger partial charge in [0.15, 0.2) is 11.5 Å². The van der Waals surface area contributed by atoms with Gasteiger partial charge in [-0.3, -0.25) is 0 Å². The molecule has 1 aromatic rings. The van der Waals surface area contributed by atoms with Crippen molar-refractivity contribution in [2.45, 2.75) is 44.6 Å². The Morgan fingerprint density at radius 2 is 1.85 bits per heavy atom. The lowest BCUT2D eigenvalue weighted by atomic mass is 9.90. The van der Waals surface area contributed by atoms with Crippen molar-refractivity contribution in [1.82, 2.24) is 0 Å². The zero-order valence-corrected chi connectivity index (χ0v) is 12.8. The predicted octanol–water partition coefficient (Wildman–Crippen LogP) is 2.69. The van der Waals surface area contributed by atoms with Crippen molar-refractivity contribution in [3.8, 4) is 11.5 Å². The summed E-state index contributed by atoms with van der Waals surface area (Å²) in [5, 5.41) is 10.3. The molecule has 0 aliphatic rings. The monoisotopic (exact) mass is 281 g/mol. The van der Waals surface area contributed by atoms with Crippen LogP contribution in [0.1, 0.15) is 44.1 Å². The third-order valence-corrected chi connectivity index (χ3v) is 3.66. The second-order valence-electron chi connectivity index (χ2n) is 5.02. The molecule has 0 fully saturated rings. The van der Waals surface area contributed by atoms with Gasteiger partial charge in [0.2, 0.25) is 0 Å². The summed E-state index contributed by atoms with van der Waals surface area (Å²) in [6.45, 7) is 2.57. The minimum atomic E-state index is -0.412. The average Bonchev–Trinajstić information content (AvgIpc) is 2.48. The summed E-state index contributed by atoms with van der Waals surface area (Å²) in [5.41, 5.74) is 6.83. The van der Waals surface area contributed by atoms with Crippen LogP contribution < -0.4 is 15.2 Å². The number of aliphatic hydroxyl groups excluding tert-OH is 1. The van der Waals surface area contributed by atoms with Crippen LogP contribution in [-0.2, 0) is 0 Å². The lowest BCUT2D eigenvalue weighted by Crippen LogP contribution is -2.26. The van der Waals surface area contributed by atoms with Gasteiger partial charge in [-0.1, -0.05) is 32.3 Å². The van der Waals surface area contributed by atoms with E-state index in [2.05, 4.69) is 6.92 Å². The molecule has 1 rings (SSSR count). The van der Waals surface area contributed by atoms with Gasteiger partial charge in [0.25, 0.3) is 0 Å². The van der Waals surface area contributed by atoms with E-state index in [1.54, 1.807) is 14.2 Å². The summed E-state index contributed by atoms with van der Waals surface area (Å²) < 4.78 is 10.5. The molecular weight excluding hydrogens is 254 g/mol. The number of hydrogen-bond donors (Lipinski definition) is 2. The lowest BCUT2D eigenvalue weighted by molar-refractivity contribution is 0.132. The summed E-state index contributed by atoms with van der Waals surface area (Å²) in [7, 11) is 3.22. The van der Waals surface area contributed by atoms with Gasteiger partial charge in [-0.2, -0.15) is 0 Å². The molecular formula is C16H27NO3. The smallest absolute Gasteiger partial charge is 0.160 e. The fourth-order valence-electron chi connectivity index (χ4n) is 2.40. The Hall–Kier alpha value is -1.26. The molecule has 4 nitrogen and oxygen atoms in total. The molecule has 0 aliphatic carbocycles. The molecule has 0 aliphatic heterocycles. The lowest BCUT2D eigenvalue weighted by Gasteiger charge is -2.23. The Morgan fingerprint density at radius 3 is 2.40 bits per heavy atom. The molecule has 3 N–H and O–H groups in total. The Labute approximate surface area is 121 Å². The molecule has 0 bridgehead atoms. The number of aliphatic hydroxyl groups is 1. The van der Waals surface area contributed by atoms with E-state index in [1.807, 2.05) is 18.2 Å². The molecule has 0 spiro atoms. The van der Waals surface area contributed by atoms with Crippen LogP contribution >= 0.6 is 0 Å². The Bertz CT molecular complexity index is 395. The molecule has 0 saturated heterocycles. The first-order valence-corrected chi connectivity index (χ1v) is 7.27. The Morgan fingerprint density at radius 1 is 1.15 bits per heavy atom. The van der Waals surface area contributed by atoms with Crippen LogP contribution in [0, 0.1) is 0 Å². The van der Waals surface area contributed by atoms with Crippen LogP contribution in [0.3, 0.4) is 0 Å². The first-order chi connectivity index (χ1) is 9.67. The maximum atomic E-state index is 10.3. The predicted molar refractivity (Wildman–Crippen MR) is 81.5 cm³/mol. The summed E-state index contributed by atoms with van der Waals surface area (Å²) in [4.78, 5) is 0. The summed E-state index contributed by atoms with van der Waals surface area (Å²) in [5.74, 6) is 1.29. The van der Waals surface area contributed by atoms with Gasteiger partial charge in [0, 0.05) is 12.5 Å². The van der Waals surface area contributed by atoms with Crippen molar-refractivity contribution < 1.29 is 14.6 Å². The van der Waals surface area contributed by atoms with Crippen molar-refractivity contribution in [3.05, 3.63) is 23.8 Å². The maximum absolute atomic E-state index is 10.3. The summed E-state index contributed by atoms with van der Waals surface area (Å²) >= 11 is 0. The van der Waals surface area contributed by atoms with Crippen LogP contribution in [0.15, 0.2) is 18.2 Å². The third-order valence-electron chi connectivity index (χ3n) is 3.66. The first-order valence-electron chi connectivity index (χ1n) is 7.27. The molecule has 0 radical (unpaired) electrons. The number of benzene rings is 1. The van der Waals surface area contributed by atoms with E-state index in [0.29, 0.717) is 18.0 Å². The van der Waals surface area contributed by atoms with Crippen molar-refractivity contribution in [2.24, 2.45) is 5.73 Å².